The van der Waals surface area contributed by atoms with E-state index in [1.165, 1.54) is 25.3 Å². The Hall–Kier alpha value is -0.810. The lowest BCUT2D eigenvalue weighted by molar-refractivity contribution is 0.0683. The molecule has 1 saturated carbocycles. The van der Waals surface area contributed by atoms with Gasteiger partial charge in [-0.05, 0) is 55.4 Å². The first-order valence-corrected chi connectivity index (χ1v) is 7.28. The van der Waals surface area contributed by atoms with E-state index in [1.807, 2.05) is 7.05 Å². The van der Waals surface area contributed by atoms with Crippen LogP contribution in [0.15, 0.2) is 16.6 Å². The molecule has 1 aromatic rings. The van der Waals surface area contributed by atoms with Crippen molar-refractivity contribution in [3.05, 3.63) is 22.4 Å². The maximum atomic E-state index is 13.4. The minimum Gasteiger partial charge on any atom is -0.397 e. The largest absolute Gasteiger partial charge is 0.397 e. The molecular formula is C14H21BrFN3. The second-order valence-corrected chi connectivity index (χ2v) is 6.51. The summed E-state index contributed by atoms with van der Waals surface area (Å²) in [5, 5.41) is 0. The summed E-state index contributed by atoms with van der Waals surface area (Å²) in [4.78, 5) is 4.42. The molecule has 0 saturated heterocycles. The van der Waals surface area contributed by atoms with Gasteiger partial charge < -0.3 is 15.5 Å². The highest BCUT2D eigenvalue weighted by Crippen LogP contribution is 2.38. The van der Waals surface area contributed by atoms with Crippen LogP contribution in [0, 0.1) is 5.82 Å². The zero-order chi connectivity index (χ0) is 14.2. The number of nitrogens with zero attached hydrogens (tertiary/aromatic N) is 2. The van der Waals surface area contributed by atoms with Crippen molar-refractivity contribution in [3.8, 4) is 0 Å². The Labute approximate surface area is 122 Å². The average Bonchev–Trinajstić information content (AvgIpc) is 2.27. The van der Waals surface area contributed by atoms with Crippen molar-refractivity contribution in [2.75, 3.05) is 38.3 Å². The third kappa shape index (κ3) is 2.72. The Kier molecular flexibility index (Phi) is 4.06. The Morgan fingerprint density at radius 1 is 1.32 bits per heavy atom. The Balaban J connectivity index is 2.20. The molecule has 1 aliphatic rings. The van der Waals surface area contributed by atoms with E-state index in [2.05, 4.69) is 39.8 Å². The van der Waals surface area contributed by atoms with Gasteiger partial charge in [-0.25, -0.2) is 4.39 Å². The summed E-state index contributed by atoms with van der Waals surface area (Å²) in [5.74, 6) is -0.319. The van der Waals surface area contributed by atoms with E-state index in [0.29, 0.717) is 10.2 Å². The van der Waals surface area contributed by atoms with E-state index in [1.54, 1.807) is 6.07 Å². The number of anilines is 2. The van der Waals surface area contributed by atoms with Crippen LogP contribution in [0.3, 0.4) is 0 Å². The van der Waals surface area contributed by atoms with Crippen molar-refractivity contribution < 1.29 is 4.39 Å². The number of nitrogen functional groups attached to an aromatic ring is 1. The van der Waals surface area contributed by atoms with Crippen LogP contribution in [0.1, 0.15) is 19.3 Å². The van der Waals surface area contributed by atoms with Crippen molar-refractivity contribution >= 4 is 27.3 Å². The van der Waals surface area contributed by atoms with Crippen molar-refractivity contribution in [2.45, 2.75) is 24.8 Å². The molecule has 1 fully saturated rings. The van der Waals surface area contributed by atoms with Crippen molar-refractivity contribution in [2.24, 2.45) is 0 Å². The molecule has 106 valence electrons. The highest BCUT2D eigenvalue weighted by atomic mass is 79.9. The molecule has 1 aromatic carbocycles. The smallest absolute Gasteiger partial charge is 0.139 e. The van der Waals surface area contributed by atoms with E-state index < -0.39 is 0 Å². The van der Waals surface area contributed by atoms with Crippen LogP contribution in [0.4, 0.5) is 15.8 Å². The second-order valence-electron chi connectivity index (χ2n) is 5.65. The van der Waals surface area contributed by atoms with E-state index >= 15 is 0 Å². The Morgan fingerprint density at radius 2 is 1.95 bits per heavy atom. The third-order valence-corrected chi connectivity index (χ3v) is 4.85. The van der Waals surface area contributed by atoms with Gasteiger partial charge in [0, 0.05) is 25.2 Å². The van der Waals surface area contributed by atoms with Gasteiger partial charge in [-0.1, -0.05) is 0 Å². The predicted octanol–water partition coefficient (Wildman–Crippen LogP) is 3.09. The molecule has 3 nitrogen and oxygen atoms in total. The van der Waals surface area contributed by atoms with Crippen LogP contribution in [-0.2, 0) is 0 Å². The van der Waals surface area contributed by atoms with Gasteiger partial charge in [0.25, 0.3) is 0 Å². The molecule has 0 aliphatic heterocycles. The number of nitrogens with two attached hydrogens (primary N) is 1. The van der Waals surface area contributed by atoms with E-state index in [-0.39, 0.29) is 11.4 Å². The zero-order valence-electron chi connectivity index (χ0n) is 11.7. The molecule has 1 aliphatic carbocycles. The summed E-state index contributed by atoms with van der Waals surface area (Å²) in [5.41, 5.74) is 7.51. The molecular weight excluding hydrogens is 309 g/mol. The SMILES string of the molecule is CN(CC1(N(C)C)CCC1)c1cc(Br)c(F)cc1N. The molecule has 0 atom stereocenters. The quantitative estimate of drug-likeness (QED) is 0.861. The molecule has 0 aromatic heterocycles. The molecule has 0 unspecified atom stereocenters. The van der Waals surface area contributed by atoms with Gasteiger partial charge >= 0.3 is 0 Å². The first-order valence-electron chi connectivity index (χ1n) is 6.49. The summed E-state index contributed by atoms with van der Waals surface area (Å²) >= 11 is 3.22. The summed E-state index contributed by atoms with van der Waals surface area (Å²) < 4.78 is 13.9. The first kappa shape index (κ1) is 14.6. The normalized spacial score (nSPS) is 17.4. The number of hydrogen-bond acceptors (Lipinski definition) is 3. The molecule has 0 amide bonds. The fourth-order valence-electron chi connectivity index (χ4n) is 2.74. The molecule has 2 rings (SSSR count). The minimum absolute atomic E-state index is 0.224. The molecule has 0 bridgehead atoms. The average molecular weight is 330 g/mol. The zero-order valence-corrected chi connectivity index (χ0v) is 13.3. The molecule has 0 radical (unpaired) electrons. The fourth-order valence-corrected chi connectivity index (χ4v) is 3.07. The lowest BCUT2D eigenvalue weighted by Crippen LogP contribution is -2.56. The van der Waals surface area contributed by atoms with Crippen LogP contribution < -0.4 is 10.6 Å². The topological polar surface area (TPSA) is 32.5 Å². The number of rotatable bonds is 4. The van der Waals surface area contributed by atoms with Gasteiger partial charge in [0.05, 0.1) is 15.8 Å². The highest BCUT2D eigenvalue weighted by molar-refractivity contribution is 9.10. The van der Waals surface area contributed by atoms with Gasteiger partial charge in [-0.3, -0.25) is 0 Å². The van der Waals surface area contributed by atoms with Crippen molar-refractivity contribution in [1.29, 1.82) is 0 Å². The molecule has 2 N–H and O–H groups in total. The minimum atomic E-state index is -0.319. The summed E-state index contributed by atoms with van der Waals surface area (Å²) in [6.45, 7) is 0.905. The first-order chi connectivity index (χ1) is 8.85. The Bertz CT molecular complexity index is 472. The van der Waals surface area contributed by atoms with E-state index in [0.717, 1.165) is 12.2 Å². The van der Waals surface area contributed by atoms with Crippen LogP contribution in [0.2, 0.25) is 0 Å². The highest BCUT2D eigenvalue weighted by Gasteiger charge is 2.40. The van der Waals surface area contributed by atoms with Gasteiger partial charge in [0.2, 0.25) is 0 Å². The van der Waals surface area contributed by atoms with Crippen LogP contribution in [0.25, 0.3) is 0 Å². The summed E-state index contributed by atoms with van der Waals surface area (Å²) in [7, 11) is 6.26. The molecule has 0 spiro atoms. The predicted molar refractivity (Wildman–Crippen MR) is 82.1 cm³/mol. The van der Waals surface area contributed by atoms with Crippen LogP contribution >= 0.6 is 15.9 Å². The summed E-state index contributed by atoms with van der Waals surface area (Å²) in [6.07, 6.45) is 3.67. The number of hydrogen-bond donors (Lipinski definition) is 1. The lowest BCUT2D eigenvalue weighted by Gasteiger charge is -2.49. The summed E-state index contributed by atoms with van der Waals surface area (Å²) in [6, 6.07) is 3.13. The number of halogens is 2. The maximum Gasteiger partial charge on any atom is 0.139 e. The van der Waals surface area contributed by atoms with Gasteiger partial charge in [0.15, 0.2) is 0 Å². The molecule has 0 heterocycles. The van der Waals surface area contributed by atoms with Gasteiger partial charge in [0.1, 0.15) is 5.82 Å². The van der Waals surface area contributed by atoms with Crippen molar-refractivity contribution in [3.63, 3.8) is 0 Å². The maximum absolute atomic E-state index is 13.4. The van der Waals surface area contributed by atoms with Crippen LogP contribution in [0.5, 0.6) is 0 Å². The van der Waals surface area contributed by atoms with E-state index in [9.17, 15) is 4.39 Å². The van der Waals surface area contributed by atoms with Crippen LogP contribution in [-0.4, -0.2) is 38.1 Å². The third-order valence-electron chi connectivity index (χ3n) is 4.25. The molecule has 5 heteroatoms. The monoisotopic (exact) mass is 329 g/mol. The Morgan fingerprint density at radius 3 is 2.42 bits per heavy atom. The van der Waals surface area contributed by atoms with Crippen molar-refractivity contribution in [1.82, 2.24) is 4.90 Å². The van der Waals surface area contributed by atoms with Gasteiger partial charge in [-0.15, -0.1) is 0 Å². The standard InChI is InChI=1S/C14H21BrFN3/c1-18(2)14(5-4-6-14)9-19(3)13-7-10(15)11(16)8-12(13)17/h7-8H,4-6,9,17H2,1-3H3. The number of likely N-dealkylation sites (N-methyl/N-ethyl adjacent to an activating group) is 2. The molecule has 19 heavy (non-hydrogen) atoms. The number of benzene rings is 1. The fraction of sp³-hybridized carbons (Fsp3) is 0.571. The second kappa shape index (κ2) is 5.29. The van der Waals surface area contributed by atoms with Gasteiger partial charge in [-0.2, -0.15) is 0 Å². The lowest BCUT2D eigenvalue weighted by atomic mass is 9.75. The van der Waals surface area contributed by atoms with E-state index in [4.69, 9.17) is 5.73 Å².